The van der Waals surface area contributed by atoms with Gasteiger partial charge in [0.05, 0.1) is 50.4 Å². The van der Waals surface area contributed by atoms with Gasteiger partial charge in [-0.1, -0.05) is 173 Å². The van der Waals surface area contributed by atoms with Gasteiger partial charge in [-0.3, -0.25) is 15.0 Å². The van der Waals surface area contributed by atoms with Crippen LogP contribution < -0.4 is 0 Å². The molecule has 6 aliphatic rings. The Balaban J connectivity index is 1.67. The molecule has 16 bridgehead atoms. The summed E-state index contributed by atoms with van der Waals surface area (Å²) in [4.78, 5) is 18.1. The van der Waals surface area contributed by atoms with Crippen molar-refractivity contribution in [2.45, 2.75) is 118 Å². The number of aromatic nitrogens is 3. The zero-order chi connectivity index (χ0) is 39.9. The second-order valence-electron chi connectivity index (χ2n) is 21.7. The summed E-state index contributed by atoms with van der Waals surface area (Å²) >= 11 is 0. The molecule has 0 N–H and O–H groups in total. The van der Waals surface area contributed by atoms with E-state index in [-0.39, 0.29) is 38.9 Å². The first-order valence-corrected chi connectivity index (χ1v) is 21.1. The summed E-state index contributed by atoms with van der Waals surface area (Å²) in [5.41, 5.74) is 8.43. The Hall–Kier alpha value is -4.37. The van der Waals surface area contributed by atoms with Crippen molar-refractivity contribution in [2.24, 2.45) is 33.5 Å². The molecule has 10 rings (SSSR count). The fraction of sp³-hybridized carbons (Fsp3) is 0.453. The molecule has 4 aliphatic heterocycles. The second-order valence-corrected chi connectivity index (χ2v) is 21.7. The van der Waals surface area contributed by atoms with Crippen LogP contribution in [0.25, 0.3) is 0 Å². The van der Waals surface area contributed by atoms with Crippen molar-refractivity contribution in [1.29, 1.82) is 0 Å². The molecule has 3 heteroatoms. The predicted octanol–water partition coefficient (Wildman–Crippen LogP) is 12.5. The number of rotatable bonds is 0. The van der Waals surface area contributed by atoms with Crippen LogP contribution in [0, 0.1) is 33.5 Å². The van der Waals surface area contributed by atoms with Crippen LogP contribution in [0.15, 0.2) is 126 Å². The van der Waals surface area contributed by atoms with Gasteiger partial charge in [0.15, 0.2) is 0 Å². The number of hydrogen-bond donors (Lipinski definition) is 0. The van der Waals surface area contributed by atoms with Crippen LogP contribution in [0.3, 0.4) is 0 Å². The van der Waals surface area contributed by atoms with E-state index in [1.54, 1.807) is 0 Å². The van der Waals surface area contributed by atoms with Gasteiger partial charge < -0.3 is 0 Å². The van der Waals surface area contributed by atoms with E-state index < -0.39 is 16.2 Å². The monoisotopic (exact) mass is 739 g/mol. The molecular formula is C53H61N3. The van der Waals surface area contributed by atoms with Gasteiger partial charge >= 0.3 is 0 Å². The standard InChI is InChI=1S/C53H61N3/c1-46(2,3)50-34-19-13-22-37(31-34)51(47(4,5)6)40-25-16-27-42(54-40)52(48(7,8)9,38-23-14-20-35(50)32-38)44-29-18-30-45(56-44)53(49(10,11)12,39-24-15-21-36(50)33-39)43-28-17-26-41(51)55-43/h13-31,35-36H,32-33H2,1-12H3. The van der Waals surface area contributed by atoms with Crippen LogP contribution in [-0.2, 0) is 21.7 Å². The molecule has 3 aromatic heterocycles. The number of allylic oxidation sites excluding steroid dienone is 8. The van der Waals surface area contributed by atoms with Crippen LogP contribution >= 0.6 is 0 Å². The third-order valence-corrected chi connectivity index (χ3v) is 15.2. The molecule has 2 aliphatic carbocycles. The third-order valence-electron chi connectivity index (χ3n) is 15.2. The van der Waals surface area contributed by atoms with E-state index in [1.807, 2.05) is 0 Å². The van der Waals surface area contributed by atoms with E-state index >= 15 is 0 Å². The first kappa shape index (κ1) is 37.2. The van der Waals surface area contributed by atoms with Crippen LogP contribution in [-0.4, -0.2) is 15.0 Å². The Morgan fingerprint density at radius 3 is 1.12 bits per heavy atom. The highest BCUT2D eigenvalue weighted by Crippen LogP contribution is 2.65. The third kappa shape index (κ3) is 4.38. The second kappa shape index (κ2) is 11.6. The molecule has 0 fully saturated rings. The summed E-state index contributed by atoms with van der Waals surface area (Å²) in [6, 6.07) is 30.5. The van der Waals surface area contributed by atoms with E-state index in [1.165, 1.54) is 22.3 Å². The van der Waals surface area contributed by atoms with Crippen LogP contribution in [0.2, 0.25) is 0 Å². The minimum atomic E-state index is -0.705. The molecule has 0 saturated carbocycles. The largest absolute Gasteiger partial charge is 0.255 e. The van der Waals surface area contributed by atoms with Crippen molar-refractivity contribution in [1.82, 2.24) is 15.0 Å². The highest BCUT2D eigenvalue weighted by Gasteiger charge is 2.62. The maximum atomic E-state index is 6.06. The van der Waals surface area contributed by atoms with Crippen molar-refractivity contribution < 1.29 is 0 Å². The average molecular weight is 740 g/mol. The predicted molar refractivity (Wildman–Crippen MR) is 231 cm³/mol. The first-order chi connectivity index (χ1) is 26.3. The fourth-order valence-electron chi connectivity index (χ4n) is 13.4. The Morgan fingerprint density at radius 2 is 0.768 bits per heavy atom. The Kier molecular flexibility index (Phi) is 7.72. The summed E-state index contributed by atoms with van der Waals surface area (Å²) in [7, 11) is 0. The minimum Gasteiger partial charge on any atom is -0.255 e. The van der Waals surface area contributed by atoms with E-state index in [0.29, 0.717) is 0 Å². The van der Waals surface area contributed by atoms with Gasteiger partial charge in [-0.15, -0.1) is 0 Å². The molecule has 4 aromatic rings. The molecule has 0 spiro atoms. The van der Waals surface area contributed by atoms with Gasteiger partial charge in [-0.05, 0) is 93.9 Å². The first-order valence-electron chi connectivity index (χ1n) is 21.1. The highest BCUT2D eigenvalue weighted by atomic mass is 14.9. The van der Waals surface area contributed by atoms with Crippen molar-refractivity contribution in [2.75, 3.05) is 0 Å². The van der Waals surface area contributed by atoms with Crippen molar-refractivity contribution >= 4 is 0 Å². The highest BCUT2D eigenvalue weighted by molar-refractivity contribution is 5.59. The molecule has 0 amide bonds. The topological polar surface area (TPSA) is 38.7 Å². The van der Waals surface area contributed by atoms with E-state index in [4.69, 9.17) is 15.0 Å². The lowest BCUT2D eigenvalue weighted by Crippen LogP contribution is -2.56. The molecule has 288 valence electrons. The minimum absolute atomic E-state index is 0.135. The van der Waals surface area contributed by atoms with Crippen molar-refractivity contribution in [3.05, 3.63) is 172 Å². The molecule has 7 heterocycles. The zero-order valence-electron chi connectivity index (χ0n) is 35.9. The molecule has 0 radical (unpaired) electrons. The number of nitrogens with zero attached hydrogens (tertiary/aromatic N) is 3. The SMILES string of the molecule is CC(C)(C)C12C3=CC=CC(C3)C3(C(C)(C)C)c4cccc(c4)C(C(C)(C)C)(c4cccc1n4)c1cccc(n1)C(C(C)(C)C)(C1=CC=CC3C1)c1cccc2n1. The van der Waals surface area contributed by atoms with Crippen molar-refractivity contribution in [3.63, 3.8) is 0 Å². The molecule has 0 saturated heterocycles. The summed E-state index contributed by atoms with van der Waals surface area (Å²) in [6.45, 7) is 29.3. The quantitative estimate of drug-likeness (QED) is 0.180. The van der Waals surface area contributed by atoms with Gasteiger partial charge in [0.25, 0.3) is 0 Å². The average Bonchev–Trinajstić information content (AvgIpc) is 3.11. The zero-order valence-corrected chi connectivity index (χ0v) is 35.9. The van der Waals surface area contributed by atoms with Gasteiger partial charge in [0.2, 0.25) is 0 Å². The van der Waals surface area contributed by atoms with Gasteiger partial charge in [-0.25, -0.2) is 0 Å². The van der Waals surface area contributed by atoms with E-state index in [2.05, 4.69) is 198 Å². The number of benzene rings is 1. The lowest BCUT2D eigenvalue weighted by Gasteiger charge is -2.59. The van der Waals surface area contributed by atoms with E-state index in [0.717, 1.165) is 47.0 Å². The summed E-state index contributed by atoms with van der Waals surface area (Å²) in [5.74, 6) is 0.399. The Morgan fingerprint density at radius 1 is 0.429 bits per heavy atom. The fourth-order valence-corrected chi connectivity index (χ4v) is 13.4. The maximum absolute atomic E-state index is 6.06. The molecule has 1 aromatic carbocycles. The molecule has 56 heavy (non-hydrogen) atoms. The Bertz CT molecular complexity index is 2270. The molecule has 3 nitrogen and oxygen atoms in total. The summed E-state index contributed by atoms with van der Waals surface area (Å²) in [5, 5.41) is 0. The molecular weight excluding hydrogens is 679 g/mol. The van der Waals surface area contributed by atoms with Gasteiger partial charge in [0.1, 0.15) is 0 Å². The van der Waals surface area contributed by atoms with Crippen LogP contribution in [0.5, 0.6) is 0 Å². The molecule has 4 unspecified atom stereocenters. The summed E-state index contributed by atoms with van der Waals surface area (Å²) < 4.78 is 0. The smallest absolute Gasteiger partial charge is 0.0844 e. The number of pyridine rings is 3. The lowest BCUT2D eigenvalue weighted by molar-refractivity contribution is 0.0690. The van der Waals surface area contributed by atoms with Gasteiger partial charge in [0, 0.05) is 5.41 Å². The number of hydrogen-bond acceptors (Lipinski definition) is 3. The van der Waals surface area contributed by atoms with Crippen molar-refractivity contribution in [3.8, 4) is 0 Å². The van der Waals surface area contributed by atoms with Gasteiger partial charge in [-0.2, -0.15) is 0 Å². The Labute approximate surface area is 336 Å². The normalized spacial score (nSPS) is 30.4. The maximum Gasteiger partial charge on any atom is 0.0844 e. The van der Waals surface area contributed by atoms with Crippen LogP contribution in [0.4, 0.5) is 0 Å². The lowest BCUT2D eigenvalue weighted by atomic mass is 9.45. The van der Waals surface area contributed by atoms with E-state index in [9.17, 15) is 0 Å². The summed E-state index contributed by atoms with van der Waals surface area (Å²) in [6.07, 6.45) is 16.6. The molecule has 4 atom stereocenters. The van der Waals surface area contributed by atoms with Crippen LogP contribution in [0.1, 0.15) is 141 Å².